The first-order chi connectivity index (χ1) is 13.5. The van der Waals surface area contributed by atoms with Gasteiger partial charge < -0.3 is 14.8 Å². The zero-order valence-corrected chi connectivity index (χ0v) is 17.5. The van der Waals surface area contributed by atoms with E-state index in [0.717, 1.165) is 10.6 Å². The zero-order chi connectivity index (χ0) is 20.1. The standard InChI is InChI=1S/C21H22ClFN2O2S/c1-13-10-25-21(28-13)14(2)24-11-15-7-8-16(9-20(15)26-3)27-12-17-18(22)5-4-6-19(17)23/h4-10,14,24H,11-12H2,1-3H3. The van der Waals surface area contributed by atoms with Gasteiger partial charge in [-0.15, -0.1) is 11.3 Å². The summed E-state index contributed by atoms with van der Waals surface area (Å²) in [4.78, 5) is 5.61. The van der Waals surface area contributed by atoms with E-state index < -0.39 is 0 Å². The van der Waals surface area contributed by atoms with Crippen molar-refractivity contribution in [2.45, 2.75) is 33.0 Å². The summed E-state index contributed by atoms with van der Waals surface area (Å²) in [7, 11) is 1.62. The van der Waals surface area contributed by atoms with Gasteiger partial charge in [-0.1, -0.05) is 23.7 Å². The van der Waals surface area contributed by atoms with Crippen LogP contribution in [0, 0.1) is 12.7 Å². The van der Waals surface area contributed by atoms with E-state index in [1.165, 1.54) is 10.9 Å². The molecule has 0 aliphatic rings. The largest absolute Gasteiger partial charge is 0.496 e. The second-order valence-corrected chi connectivity index (χ2v) is 8.05. The fraction of sp³-hybridized carbons (Fsp3) is 0.286. The van der Waals surface area contributed by atoms with Crippen molar-refractivity contribution in [1.82, 2.24) is 10.3 Å². The number of thiazole rings is 1. The molecule has 4 nitrogen and oxygen atoms in total. The maximum atomic E-state index is 13.9. The molecule has 0 aliphatic heterocycles. The van der Waals surface area contributed by atoms with Gasteiger partial charge in [-0.25, -0.2) is 9.37 Å². The first-order valence-corrected chi connectivity index (χ1v) is 10.1. The first kappa shape index (κ1) is 20.6. The van der Waals surface area contributed by atoms with Crippen molar-refractivity contribution in [3.05, 3.63) is 74.4 Å². The Morgan fingerprint density at radius 2 is 2.11 bits per heavy atom. The smallest absolute Gasteiger partial charge is 0.131 e. The van der Waals surface area contributed by atoms with Crippen molar-refractivity contribution in [2.24, 2.45) is 0 Å². The summed E-state index contributed by atoms with van der Waals surface area (Å²) >= 11 is 7.73. The van der Waals surface area contributed by atoms with Gasteiger partial charge >= 0.3 is 0 Å². The molecular formula is C21H22ClFN2O2S. The van der Waals surface area contributed by atoms with Crippen LogP contribution < -0.4 is 14.8 Å². The van der Waals surface area contributed by atoms with Gasteiger partial charge in [0.2, 0.25) is 0 Å². The number of benzene rings is 2. The van der Waals surface area contributed by atoms with Gasteiger partial charge in [0.05, 0.1) is 18.2 Å². The predicted molar refractivity (Wildman–Crippen MR) is 111 cm³/mol. The lowest BCUT2D eigenvalue weighted by Gasteiger charge is -2.15. The molecule has 0 aliphatic carbocycles. The number of aromatic nitrogens is 1. The quantitative estimate of drug-likeness (QED) is 0.509. The number of nitrogens with one attached hydrogen (secondary N) is 1. The summed E-state index contributed by atoms with van der Waals surface area (Å²) in [5, 5.41) is 4.86. The third-order valence-electron chi connectivity index (χ3n) is 4.31. The Bertz CT molecular complexity index is 928. The average Bonchev–Trinajstić information content (AvgIpc) is 3.12. The van der Waals surface area contributed by atoms with E-state index in [1.807, 2.05) is 25.3 Å². The van der Waals surface area contributed by atoms with Crippen LogP contribution in [-0.4, -0.2) is 12.1 Å². The van der Waals surface area contributed by atoms with Crippen LogP contribution in [-0.2, 0) is 13.2 Å². The molecule has 2 aromatic carbocycles. The maximum absolute atomic E-state index is 13.9. The first-order valence-electron chi connectivity index (χ1n) is 8.86. The van der Waals surface area contributed by atoms with Crippen molar-refractivity contribution in [1.29, 1.82) is 0 Å². The number of hydrogen-bond donors (Lipinski definition) is 1. The topological polar surface area (TPSA) is 43.4 Å². The molecule has 1 atom stereocenters. The Balaban J connectivity index is 1.65. The SMILES string of the molecule is COc1cc(OCc2c(F)cccc2Cl)ccc1CNC(C)c1ncc(C)s1. The van der Waals surface area contributed by atoms with E-state index in [1.54, 1.807) is 36.6 Å². The number of nitrogens with zero attached hydrogens (tertiary/aromatic N) is 1. The van der Waals surface area contributed by atoms with Gasteiger partial charge in [0.15, 0.2) is 0 Å². The van der Waals surface area contributed by atoms with Crippen LogP contribution in [0.4, 0.5) is 4.39 Å². The molecule has 3 rings (SSSR count). The van der Waals surface area contributed by atoms with Crippen LogP contribution in [0.5, 0.6) is 11.5 Å². The summed E-state index contributed by atoms with van der Waals surface area (Å²) in [5.74, 6) is 0.905. The summed E-state index contributed by atoms with van der Waals surface area (Å²) in [6.07, 6.45) is 1.88. The Labute approximate surface area is 173 Å². The van der Waals surface area contributed by atoms with Crippen molar-refractivity contribution in [3.8, 4) is 11.5 Å². The highest BCUT2D eigenvalue weighted by Gasteiger charge is 2.12. The van der Waals surface area contributed by atoms with Crippen LogP contribution in [0.2, 0.25) is 5.02 Å². The summed E-state index contributed by atoms with van der Waals surface area (Å²) in [5.41, 5.74) is 1.33. The van der Waals surface area contributed by atoms with Crippen LogP contribution in [0.15, 0.2) is 42.6 Å². The molecule has 0 amide bonds. The molecule has 1 N–H and O–H groups in total. The van der Waals surface area contributed by atoms with Crippen LogP contribution in [0.3, 0.4) is 0 Å². The second-order valence-electron chi connectivity index (χ2n) is 6.37. The third-order valence-corrected chi connectivity index (χ3v) is 5.76. The van der Waals surface area contributed by atoms with Gasteiger partial charge in [-0.3, -0.25) is 0 Å². The zero-order valence-electron chi connectivity index (χ0n) is 16.0. The van der Waals surface area contributed by atoms with Crippen LogP contribution in [0.1, 0.15) is 34.0 Å². The Kier molecular flexibility index (Phi) is 6.88. The molecule has 0 fully saturated rings. The lowest BCUT2D eigenvalue weighted by molar-refractivity contribution is 0.297. The Hall–Kier alpha value is -2.15. The van der Waals surface area contributed by atoms with Gasteiger partial charge in [0, 0.05) is 34.8 Å². The van der Waals surface area contributed by atoms with E-state index in [2.05, 4.69) is 17.2 Å². The Morgan fingerprint density at radius 1 is 1.29 bits per heavy atom. The molecule has 0 radical (unpaired) electrons. The van der Waals surface area contributed by atoms with Crippen molar-refractivity contribution in [2.75, 3.05) is 7.11 Å². The molecule has 7 heteroatoms. The molecule has 1 heterocycles. The molecule has 28 heavy (non-hydrogen) atoms. The number of aryl methyl sites for hydroxylation is 1. The minimum atomic E-state index is -0.383. The van der Waals surface area contributed by atoms with Crippen molar-refractivity contribution < 1.29 is 13.9 Å². The Morgan fingerprint density at radius 3 is 2.79 bits per heavy atom. The van der Waals surface area contributed by atoms with Crippen LogP contribution >= 0.6 is 22.9 Å². The van der Waals surface area contributed by atoms with Gasteiger partial charge in [-0.05, 0) is 32.0 Å². The normalized spacial score (nSPS) is 12.0. The fourth-order valence-corrected chi connectivity index (χ4v) is 3.73. The monoisotopic (exact) mass is 420 g/mol. The van der Waals surface area contributed by atoms with Crippen LogP contribution in [0.25, 0.3) is 0 Å². The highest BCUT2D eigenvalue weighted by atomic mass is 35.5. The molecular weight excluding hydrogens is 399 g/mol. The minimum Gasteiger partial charge on any atom is -0.496 e. The highest BCUT2D eigenvalue weighted by Crippen LogP contribution is 2.28. The molecule has 1 aromatic heterocycles. The lowest BCUT2D eigenvalue weighted by Crippen LogP contribution is -2.18. The van der Waals surface area contributed by atoms with E-state index in [4.69, 9.17) is 21.1 Å². The number of halogens is 2. The number of rotatable bonds is 8. The van der Waals surface area contributed by atoms with Gasteiger partial charge in [-0.2, -0.15) is 0 Å². The summed E-state index contributed by atoms with van der Waals surface area (Å²) in [6, 6.07) is 10.3. The molecule has 0 saturated heterocycles. The van der Waals surface area contributed by atoms with E-state index in [9.17, 15) is 4.39 Å². The van der Waals surface area contributed by atoms with E-state index >= 15 is 0 Å². The third kappa shape index (κ3) is 5.01. The molecule has 0 saturated carbocycles. The molecule has 0 spiro atoms. The molecule has 148 valence electrons. The predicted octanol–water partition coefficient (Wildman–Crippen LogP) is 5.68. The second kappa shape index (κ2) is 9.37. The van der Waals surface area contributed by atoms with Crippen molar-refractivity contribution >= 4 is 22.9 Å². The van der Waals surface area contributed by atoms with Gasteiger partial charge in [0.1, 0.15) is 28.9 Å². The fourth-order valence-electron chi connectivity index (χ4n) is 2.71. The minimum absolute atomic E-state index is 0.0483. The average molecular weight is 421 g/mol. The summed E-state index contributed by atoms with van der Waals surface area (Å²) < 4.78 is 25.1. The number of ether oxygens (including phenoxy) is 2. The maximum Gasteiger partial charge on any atom is 0.131 e. The number of methoxy groups -OCH3 is 1. The summed E-state index contributed by atoms with van der Waals surface area (Å²) in [6.45, 7) is 4.81. The van der Waals surface area contributed by atoms with E-state index in [0.29, 0.717) is 28.6 Å². The lowest BCUT2D eigenvalue weighted by atomic mass is 10.1. The van der Waals surface area contributed by atoms with E-state index in [-0.39, 0.29) is 18.5 Å². The highest BCUT2D eigenvalue weighted by molar-refractivity contribution is 7.11. The molecule has 1 unspecified atom stereocenters. The number of hydrogen-bond acceptors (Lipinski definition) is 5. The molecule has 0 bridgehead atoms. The van der Waals surface area contributed by atoms with Gasteiger partial charge in [0.25, 0.3) is 0 Å². The van der Waals surface area contributed by atoms with Crippen molar-refractivity contribution in [3.63, 3.8) is 0 Å². The molecule has 3 aromatic rings.